The predicted octanol–water partition coefficient (Wildman–Crippen LogP) is 4.27. The molecule has 3 heterocycles. The molecule has 152 valence electrons. The van der Waals surface area contributed by atoms with Gasteiger partial charge in [0.1, 0.15) is 6.54 Å². The fourth-order valence-electron chi connectivity index (χ4n) is 3.89. The summed E-state index contributed by atoms with van der Waals surface area (Å²) < 4.78 is 2.21. The van der Waals surface area contributed by atoms with E-state index in [2.05, 4.69) is 24.5 Å². The number of para-hydroxylation sites is 1. The quantitative estimate of drug-likeness (QED) is 0.690. The normalized spacial score (nSPS) is 19.7. The van der Waals surface area contributed by atoms with Crippen molar-refractivity contribution in [3.8, 4) is 0 Å². The summed E-state index contributed by atoms with van der Waals surface area (Å²) in [4.78, 5) is 40.8. The van der Waals surface area contributed by atoms with Crippen molar-refractivity contribution in [2.24, 2.45) is 0 Å². The van der Waals surface area contributed by atoms with Crippen LogP contribution in [0.15, 0.2) is 35.4 Å². The van der Waals surface area contributed by atoms with Gasteiger partial charge in [0.05, 0.1) is 4.91 Å². The summed E-state index contributed by atoms with van der Waals surface area (Å²) in [6, 6.07) is 8.40. The number of hydrogen-bond acceptors (Lipinski definition) is 4. The highest BCUT2D eigenvalue weighted by Gasteiger charge is 2.37. The molecule has 0 saturated carbocycles. The number of nitrogens with zero attached hydrogens (tertiary/aromatic N) is 3. The van der Waals surface area contributed by atoms with Gasteiger partial charge >= 0.3 is 0 Å². The van der Waals surface area contributed by atoms with Crippen molar-refractivity contribution in [3.05, 3.63) is 40.9 Å². The molecule has 29 heavy (non-hydrogen) atoms. The molecule has 0 radical (unpaired) electrons. The van der Waals surface area contributed by atoms with Crippen LogP contribution in [0, 0.1) is 0 Å². The maximum Gasteiger partial charge on any atom is 0.294 e. The Morgan fingerprint density at radius 2 is 1.93 bits per heavy atom. The van der Waals surface area contributed by atoms with E-state index in [0.717, 1.165) is 52.4 Å². The predicted molar refractivity (Wildman–Crippen MR) is 115 cm³/mol. The number of rotatable bonds is 5. The lowest BCUT2D eigenvalue weighted by atomic mass is 10.1. The van der Waals surface area contributed by atoms with Crippen molar-refractivity contribution in [1.29, 1.82) is 0 Å². The Balaban J connectivity index is 1.61. The summed E-state index contributed by atoms with van der Waals surface area (Å²) >= 11 is 0.912. The first-order valence-electron chi connectivity index (χ1n) is 10.1. The molecule has 2 aliphatic heterocycles. The maximum atomic E-state index is 12.8. The highest BCUT2D eigenvalue weighted by molar-refractivity contribution is 8.18. The molecule has 1 atom stereocenters. The molecule has 2 saturated heterocycles. The van der Waals surface area contributed by atoms with Crippen LogP contribution in [0.1, 0.15) is 44.7 Å². The van der Waals surface area contributed by atoms with Gasteiger partial charge < -0.3 is 9.47 Å². The Bertz CT molecular complexity index is 1000. The van der Waals surface area contributed by atoms with Crippen LogP contribution >= 0.6 is 11.8 Å². The molecule has 1 aromatic heterocycles. The molecule has 4 rings (SSSR count). The molecule has 6 nitrogen and oxygen atoms in total. The lowest BCUT2D eigenvalue weighted by molar-refractivity contribution is -0.135. The molecular weight excluding hydrogens is 386 g/mol. The fourth-order valence-corrected chi connectivity index (χ4v) is 4.72. The second-order valence-electron chi connectivity index (χ2n) is 7.62. The number of carbonyl (C=O) groups excluding carboxylic acids is 3. The van der Waals surface area contributed by atoms with Gasteiger partial charge in [0, 0.05) is 41.8 Å². The van der Waals surface area contributed by atoms with Crippen LogP contribution in [0.25, 0.3) is 17.0 Å². The van der Waals surface area contributed by atoms with Crippen molar-refractivity contribution in [2.45, 2.75) is 39.2 Å². The summed E-state index contributed by atoms with van der Waals surface area (Å²) in [5.74, 6) is -0.535. The largest absolute Gasteiger partial charge is 0.344 e. The zero-order chi connectivity index (χ0) is 20.5. The molecule has 2 fully saturated rings. The smallest absolute Gasteiger partial charge is 0.294 e. The number of imide groups is 1. The molecular formula is C22H25N3O3S. The fraction of sp³-hybridized carbons (Fsp3) is 0.409. The Kier molecular flexibility index (Phi) is 5.50. The SMILES string of the molecule is CC[C@@H](C)n1cc(/C=C2/SC(=O)N(CC(=O)N3CCCC3)C2=O)c2ccccc21. The number of fused-ring (bicyclic) bond motifs is 1. The van der Waals surface area contributed by atoms with E-state index >= 15 is 0 Å². The molecule has 2 aliphatic rings. The van der Waals surface area contributed by atoms with Crippen molar-refractivity contribution in [1.82, 2.24) is 14.4 Å². The van der Waals surface area contributed by atoms with E-state index in [9.17, 15) is 14.4 Å². The van der Waals surface area contributed by atoms with Crippen LogP contribution in [0.3, 0.4) is 0 Å². The first-order valence-corrected chi connectivity index (χ1v) is 10.9. The van der Waals surface area contributed by atoms with Crippen LogP contribution in [0.4, 0.5) is 4.79 Å². The zero-order valence-electron chi connectivity index (χ0n) is 16.8. The van der Waals surface area contributed by atoms with Crippen LogP contribution in [-0.2, 0) is 9.59 Å². The van der Waals surface area contributed by atoms with E-state index in [1.165, 1.54) is 0 Å². The van der Waals surface area contributed by atoms with Crippen LogP contribution in [0.5, 0.6) is 0 Å². The average molecular weight is 412 g/mol. The van der Waals surface area contributed by atoms with Gasteiger partial charge in [0.15, 0.2) is 0 Å². The topological polar surface area (TPSA) is 62.6 Å². The third kappa shape index (κ3) is 3.71. The lowest BCUT2D eigenvalue weighted by Crippen LogP contribution is -2.40. The molecule has 7 heteroatoms. The van der Waals surface area contributed by atoms with Crippen molar-refractivity contribution >= 4 is 45.8 Å². The number of aromatic nitrogens is 1. The Labute approximate surface area is 174 Å². The van der Waals surface area contributed by atoms with E-state index in [1.54, 1.807) is 11.0 Å². The van der Waals surface area contributed by atoms with Crippen molar-refractivity contribution < 1.29 is 14.4 Å². The number of amides is 3. The van der Waals surface area contributed by atoms with Crippen LogP contribution in [-0.4, -0.2) is 51.1 Å². The summed E-state index contributed by atoms with van der Waals surface area (Å²) in [5.41, 5.74) is 2.02. The summed E-state index contributed by atoms with van der Waals surface area (Å²) in [5, 5.41) is 0.673. The Hall–Kier alpha value is -2.54. The summed E-state index contributed by atoms with van der Waals surface area (Å²) in [7, 11) is 0. The number of hydrogen-bond donors (Lipinski definition) is 0. The first kappa shape index (κ1) is 19.8. The maximum absolute atomic E-state index is 12.8. The second-order valence-corrected chi connectivity index (χ2v) is 8.62. The Morgan fingerprint density at radius 3 is 2.66 bits per heavy atom. The molecule has 3 amide bonds. The van der Waals surface area contributed by atoms with E-state index in [-0.39, 0.29) is 23.6 Å². The van der Waals surface area contributed by atoms with E-state index in [0.29, 0.717) is 24.0 Å². The summed E-state index contributed by atoms with van der Waals surface area (Å²) in [6.45, 7) is 5.55. The molecule has 0 bridgehead atoms. The molecule has 0 N–H and O–H groups in total. The molecule has 0 spiro atoms. The van der Waals surface area contributed by atoms with Gasteiger partial charge in [-0.05, 0) is 50.1 Å². The number of thioether (sulfide) groups is 1. The highest BCUT2D eigenvalue weighted by Crippen LogP contribution is 2.35. The minimum atomic E-state index is -0.382. The van der Waals surface area contributed by atoms with E-state index in [1.807, 2.05) is 24.4 Å². The Morgan fingerprint density at radius 1 is 1.21 bits per heavy atom. The van der Waals surface area contributed by atoms with Crippen LogP contribution < -0.4 is 0 Å². The third-order valence-electron chi connectivity index (χ3n) is 5.75. The standard InChI is InChI=1S/C22H25N3O3S/c1-3-15(2)24-13-16(17-8-4-5-9-18(17)24)12-19-21(27)25(22(28)29-19)14-20(26)23-10-6-7-11-23/h4-5,8-9,12-13,15H,3,6-7,10-11,14H2,1-2H3/b19-12+/t15-/m1/s1. The van der Waals surface area contributed by atoms with Gasteiger partial charge in [-0.1, -0.05) is 25.1 Å². The number of likely N-dealkylation sites (tertiary alicyclic amines) is 1. The minimum absolute atomic E-state index is 0.153. The molecule has 1 aromatic carbocycles. The molecule has 0 aliphatic carbocycles. The van der Waals surface area contributed by atoms with Gasteiger partial charge in [-0.3, -0.25) is 19.3 Å². The zero-order valence-corrected chi connectivity index (χ0v) is 17.6. The number of benzene rings is 1. The number of carbonyl (C=O) groups is 3. The average Bonchev–Trinajstić information content (AvgIpc) is 3.44. The van der Waals surface area contributed by atoms with Crippen molar-refractivity contribution in [3.63, 3.8) is 0 Å². The third-order valence-corrected chi connectivity index (χ3v) is 6.66. The lowest BCUT2D eigenvalue weighted by Gasteiger charge is -2.18. The van der Waals surface area contributed by atoms with Crippen LogP contribution in [0.2, 0.25) is 0 Å². The van der Waals surface area contributed by atoms with Gasteiger partial charge in [0.2, 0.25) is 5.91 Å². The van der Waals surface area contributed by atoms with Gasteiger partial charge in [0.25, 0.3) is 11.1 Å². The summed E-state index contributed by atoms with van der Waals surface area (Å²) in [6.07, 6.45) is 6.78. The molecule has 0 unspecified atom stereocenters. The highest BCUT2D eigenvalue weighted by atomic mass is 32.2. The van der Waals surface area contributed by atoms with Gasteiger partial charge in [-0.25, -0.2) is 0 Å². The monoisotopic (exact) mass is 411 g/mol. The van der Waals surface area contributed by atoms with E-state index < -0.39 is 0 Å². The van der Waals surface area contributed by atoms with E-state index in [4.69, 9.17) is 0 Å². The van der Waals surface area contributed by atoms with Crippen molar-refractivity contribution in [2.75, 3.05) is 19.6 Å². The second kappa shape index (κ2) is 8.06. The van der Waals surface area contributed by atoms with Gasteiger partial charge in [-0.15, -0.1) is 0 Å². The minimum Gasteiger partial charge on any atom is -0.344 e. The molecule has 2 aromatic rings. The first-order chi connectivity index (χ1) is 14.0. The van der Waals surface area contributed by atoms with Gasteiger partial charge in [-0.2, -0.15) is 0 Å².